The van der Waals surface area contributed by atoms with Crippen LogP contribution < -0.4 is 4.90 Å². The zero-order valence-electron chi connectivity index (χ0n) is 12.8. The summed E-state index contributed by atoms with van der Waals surface area (Å²) in [6, 6.07) is 0. The lowest BCUT2D eigenvalue weighted by molar-refractivity contribution is -0.145. The molecule has 0 radical (unpaired) electrons. The number of aryl methyl sites for hydroxylation is 1. The predicted molar refractivity (Wildman–Crippen MR) is 82.5 cm³/mol. The SMILES string of the molecule is CCOC(=O)C1CCc2sc(N(CC)CC(C)C)nc21. The van der Waals surface area contributed by atoms with Gasteiger partial charge < -0.3 is 9.64 Å². The Morgan fingerprint density at radius 2 is 2.25 bits per heavy atom. The van der Waals surface area contributed by atoms with Crippen molar-refractivity contribution in [2.24, 2.45) is 5.92 Å². The van der Waals surface area contributed by atoms with Crippen LogP contribution in [0.15, 0.2) is 0 Å². The summed E-state index contributed by atoms with van der Waals surface area (Å²) < 4.78 is 5.16. The average Bonchev–Trinajstić information content (AvgIpc) is 2.95. The van der Waals surface area contributed by atoms with E-state index in [1.54, 1.807) is 11.3 Å². The number of hydrogen-bond acceptors (Lipinski definition) is 5. The summed E-state index contributed by atoms with van der Waals surface area (Å²) in [4.78, 5) is 20.3. The summed E-state index contributed by atoms with van der Waals surface area (Å²) in [5.41, 5.74) is 0.964. The Morgan fingerprint density at radius 1 is 1.50 bits per heavy atom. The van der Waals surface area contributed by atoms with Crippen LogP contribution in [0, 0.1) is 5.92 Å². The highest BCUT2D eigenvalue weighted by molar-refractivity contribution is 7.15. The number of nitrogens with zero attached hydrogens (tertiary/aromatic N) is 2. The van der Waals surface area contributed by atoms with Crippen molar-refractivity contribution in [1.82, 2.24) is 4.98 Å². The van der Waals surface area contributed by atoms with Gasteiger partial charge in [-0.25, -0.2) is 4.98 Å². The van der Waals surface area contributed by atoms with Crippen LogP contribution in [-0.4, -0.2) is 30.6 Å². The fraction of sp³-hybridized carbons (Fsp3) is 0.733. The Kier molecular flexibility index (Phi) is 5.02. The molecule has 0 N–H and O–H groups in total. The van der Waals surface area contributed by atoms with E-state index in [9.17, 15) is 4.79 Å². The van der Waals surface area contributed by atoms with Crippen molar-refractivity contribution in [2.45, 2.75) is 46.5 Å². The molecular formula is C15H24N2O2S. The van der Waals surface area contributed by atoms with Gasteiger partial charge in [0, 0.05) is 18.0 Å². The van der Waals surface area contributed by atoms with E-state index in [0.717, 1.165) is 36.8 Å². The minimum atomic E-state index is -0.146. The zero-order chi connectivity index (χ0) is 14.7. The molecule has 0 fully saturated rings. The quantitative estimate of drug-likeness (QED) is 0.756. The van der Waals surface area contributed by atoms with Crippen LogP contribution in [0.3, 0.4) is 0 Å². The molecule has 1 atom stereocenters. The summed E-state index contributed by atoms with van der Waals surface area (Å²) in [7, 11) is 0. The highest BCUT2D eigenvalue weighted by atomic mass is 32.1. The molecule has 5 heteroatoms. The second-order valence-corrected chi connectivity index (χ2v) is 6.64. The average molecular weight is 296 g/mol. The van der Waals surface area contributed by atoms with Crippen LogP contribution in [0.4, 0.5) is 5.13 Å². The Labute approximate surface area is 125 Å². The molecule has 0 saturated heterocycles. The third kappa shape index (κ3) is 3.14. The summed E-state index contributed by atoms with van der Waals surface area (Å²) >= 11 is 1.74. The monoisotopic (exact) mass is 296 g/mol. The highest BCUT2D eigenvalue weighted by Crippen LogP contribution is 2.40. The van der Waals surface area contributed by atoms with Crippen molar-refractivity contribution in [1.29, 1.82) is 0 Å². The molecule has 0 saturated carbocycles. The zero-order valence-corrected chi connectivity index (χ0v) is 13.6. The second kappa shape index (κ2) is 6.57. The van der Waals surface area contributed by atoms with E-state index in [1.165, 1.54) is 4.88 Å². The van der Waals surface area contributed by atoms with Crippen LogP contribution in [0.5, 0.6) is 0 Å². The van der Waals surface area contributed by atoms with E-state index in [4.69, 9.17) is 9.72 Å². The van der Waals surface area contributed by atoms with Gasteiger partial charge in [-0.05, 0) is 32.6 Å². The van der Waals surface area contributed by atoms with Gasteiger partial charge in [-0.1, -0.05) is 13.8 Å². The normalized spacial score (nSPS) is 17.4. The molecule has 0 spiro atoms. The Hall–Kier alpha value is -1.10. The number of rotatable bonds is 6. The molecule has 1 aromatic rings. The van der Waals surface area contributed by atoms with E-state index in [2.05, 4.69) is 25.7 Å². The van der Waals surface area contributed by atoms with E-state index in [-0.39, 0.29) is 11.9 Å². The molecule has 0 bridgehead atoms. The molecule has 4 nitrogen and oxygen atoms in total. The molecule has 1 aliphatic carbocycles. The van der Waals surface area contributed by atoms with Gasteiger partial charge in [-0.3, -0.25) is 4.79 Å². The van der Waals surface area contributed by atoms with E-state index in [1.807, 2.05) is 6.92 Å². The van der Waals surface area contributed by atoms with Crippen LogP contribution in [0.2, 0.25) is 0 Å². The molecule has 1 unspecified atom stereocenters. The fourth-order valence-electron chi connectivity index (χ4n) is 2.61. The molecule has 1 aliphatic rings. The van der Waals surface area contributed by atoms with Crippen LogP contribution in [0.25, 0.3) is 0 Å². The maximum atomic E-state index is 12.0. The van der Waals surface area contributed by atoms with Gasteiger partial charge >= 0.3 is 5.97 Å². The topological polar surface area (TPSA) is 42.4 Å². The number of esters is 1. The Balaban J connectivity index is 2.17. The third-order valence-electron chi connectivity index (χ3n) is 3.52. The molecular weight excluding hydrogens is 272 g/mol. The smallest absolute Gasteiger partial charge is 0.315 e. The maximum Gasteiger partial charge on any atom is 0.315 e. The number of ether oxygens (including phenoxy) is 1. The minimum absolute atomic E-state index is 0.116. The van der Waals surface area contributed by atoms with Crippen molar-refractivity contribution in [3.05, 3.63) is 10.6 Å². The highest BCUT2D eigenvalue weighted by Gasteiger charge is 2.34. The van der Waals surface area contributed by atoms with Crippen molar-refractivity contribution in [2.75, 3.05) is 24.6 Å². The third-order valence-corrected chi connectivity index (χ3v) is 4.71. The van der Waals surface area contributed by atoms with Gasteiger partial charge in [0.2, 0.25) is 0 Å². The maximum absolute atomic E-state index is 12.0. The molecule has 0 aliphatic heterocycles. The summed E-state index contributed by atoms with van der Waals surface area (Å²) in [6.07, 6.45) is 1.80. The molecule has 0 aromatic carbocycles. The molecule has 2 rings (SSSR count). The lowest BCUT2D eigenvalue weighted by atomic mass is 10.1. The molecule has 1 heterocycles. The number of carbonyl (C=O) groups excluding carboxylic acids is 1. The first-order chi connectivity index (χ1) is 9.56. The van der Waals surface area contributed by atoms with Crippen molar-refractivity contribution < 1.29 is 9.53 Å². The van der Waals surface area contributed by atoms with Gasteiger partial charge in [-0.2, -0.15) is 0 Å². The number of aromatic nitrogens is 1. The number of carbonyl (C=O) groups is 1. The van der Waals surface area contributed by atoms with Gasteiger partial charge in [0.05, 0.1) is 12.3 Å². The second-order valence-electron chi connectivity index (χ2n) is 5.58. The van der Waals surface area contributed by atoms with Crippen LogP contribution in [-0.2, 0) is 16.0 Å². The van der Waals surface area contributed by atoms with Crippen LogP contribution in [0.1, 0.15) is 50.6 Å². The van der Waals surface area contributed by atoms with Gasteiger partial charge in [0.1, 0.15) is 5.92 Å². The summed E-state index contributed by atoms with van der Waals surface area (Å²) in [5, 5.41) is 1.06. The van der Waals surface area contributed by atoms with Gasteiger partial charge in [-0.15, -0.1) is 11.3 Å². The van der Waals surface area contributed by atoms with Crippen molar-refractivity contribution >= 4 is 22.4 Å². The molecule has 20 heavy (non-hydrogen) atoms. The molecule has 0 amide bonds. The first-order valence-corrected chi connectivity index (χ1v) is 8.29. The van der Waals surface area contributed by atoms with Gasteiger partial charge in [0.15, 0.2) is 5.13 Å². The van der Waals surface area contributed by atoms with Crippen molar-refractivity contribution in [3.63, 3.8) is 0 Å². The predicted octanol–water partition coefficient (Wildman–Crippen LogP) is 3.22. The van der Waals surface area contributed by atoms with E-state index >= 15 is 0 Å². The van der Waals surface area contributed by atoms with Gasteiger partial charge in [0.25, 0.3) is 0 Å². The summed E-state index contributed by atoms with van der Waals surface area (Å²) in [5.74, 6) is 0.345. The van der Waals surface area contributed by atoms with Crippen molar-refractivity contribution in [3.8, 4) is 0 Å². The number of hydrogen-bond donors (Lipinski definition) is 0. The summed E-state index contributed by atoms with van der Waals surface area (Å²) in [6.45, 7) is 10.8. The molecule has 1 aromatic heterocycles. The number of thiazole rings is 1. The standard InChI is InChI=1S/C15H24N2O2S/c1-5-17(9-10(3)4)15-16-13-11(14(18)19-6-2)7-8-12(13)20-15/h10-11H,5-9H2,1-4H3. The van der Waals surface area contributed by atoms with Crippen LogP contribution >= 0.6 is 11.3 Å². The lowest BCUT2D eigenvalue weighted by Gasteiger charge is -2.22. The largest absolute Gasteiger partial charge is 0.465 e. The molecule has 112 valence electrons. The Bertz CT molecular complexity index is 470. The first-order valence-electron chi connectivity index (χ1n) is 7.47. The fourth-order valence-corrected chi connectivity index (χ4v) is 3.81. The Morgan fingerprint density at radius 3 is 2.85 bits per heavy atom. The number of fused-ring (bicyclic) bond motifs is 1. The van der Waals surface area contributed by atoms with E-state index < -0.39 is 0 Å². The lowest BCUT2D eigenvalue weighted by Crippen LogP contribution is -2.27. The first kappa shape index (κ1) is 15.3. The number of anilines is 1. The minimum Gasteiger partial charge on any atom is -0.465 e. The van der Waals surface area contributed by atoms with E-state index in [0.29, 0.717) is 12.5 Å².